The highest BCUT2D eigenvalue weighted by Gasteiger charge is 2.36. The monoisotopic (exact) mass is 437 g/mol. The normalized spacial score (nSPS) is 12.8. The molecule has 2 amide bonds. The maximum absolute atomic E-state index is 13.3. The third kappa shape index (κ3) is 3.42. The number of rotatable bonds is 6. The predicted octanol–water partition coefficient (Wildman–Crippen LogP) is 2.75. The molecular formula is C25H19N5O3. The van der Waals surface area contributed by atoms with Crippen LogP contribution in [0.3, 0.4) is 0 Å². The van der Waals surface area contributed by atoms with Gasteiger partial charge >= 0.3 is 0 Å². The van der Waals surface area contributed by atoms with Crippen molar-refractivity contribution in [3.05, 3.63) is 113 Å². The molecule has 0 saturated carbocycles. The summed E-state index contributed by atoms with van der Waals surface area (Å²) in [6.45, 7) is -0.0454. The van der Waals surface area contributed by atoms with Crippen molar-refractivity contribution in [1.29, 1.82) is 0 Å². The molecule has 162 valence electrons. The molecule has 0 radical (unpaired) electrons. The molecule has 1 aliphatic heterocycles. The summed E-state index contributed by atoms with van der Waals surface area (Å²) in [6.07, 6.45) is 0. The van der Waals surface area contributed by atoms with E-state index < -0.39 is 11.8 Å². The summed E-state index contributed by atoms with van der Waals surface area (Å²) in [6, 6.07) is 22.7. The second kappa shape index (κ2) is 8.25. The molecule has 8 nitrogen and oxygen atoms in total. The van der Waals surface area contributed by atoms with Crippen molar-refractivity contribution in [2.75, 3.05) is 0 Å². The van der Waals surface area contributed by atoms with Gasteiger partial charge in [0.25, 0.3) is 11.8 Å². The Balaban J connectivity index is 1.57. The van der Waals surface area contributed by atoms with Gasteiger partial charge in [-0.15, -0.1) is 10.2 Å². The number of para-hydroxylation sites is 1. The SMILES string of the molecule is NCc1nnc(CN2C(=O)c3ccccc3C2=O)n1-c1ccccc1C(=O)c1ccccc1. The molecule has 33 heavy (non-hydrogen) atoms. The molecule has 0 fully saturated rings. The second-order valence-electron chi connectivity index (χ2n) is 7.53. The zero-order valence-corrected chi connectivity index (χ0v) is 17.5. The summed E-state index contributed by atoms with van der Waals surface area (Å²) in [7, 11) is 0. The third-order valence-electron chi connectivity index (χ3n) is 5.58. The molecule has 1 aromatic heterocycles. The minimum Gasteiger partial charge on any atom is -0.324 e. The molecule has 8 heteroatoms. The first-order valence-electron chi connectivity index (χ1n) is 10.4. The smallest absolute Gasteiger partial charge is 0.261 e. The van der Waals surface area contributed by atoms with Crippen LogP contribution in [0.25, 0.3) is 5.69 Å². The lowest BCUT2D eigenvalue weighted by Gasteiger charge is -2.17. The number of hydrogen-bond acceptors (Lipinski definition) is 6. The Kier molecular flexibility index (Phi) is 5.12. The summed E-state index contributed by atoms with van der Waals surface area (Å²) in [5.41, 5.74) is 8.12. The van der Waals surface area contributed by atoms with E-state index in [0.29, 0.717) is 39.6 Å². The van der Waals surface area contributed by atoms with Gasteiger partial charge in [0.1, 0.15) is 0 Å². The average Bonchev–Trinajstić information content (AvgIpc) is 3.38. The van der Waals surface area contributed by atoms with Crippen LogP contribution in [0.15, 0.2) is 78.9 Å². The third-order valence-corrected chi connectivity index (χ3v) is 5.58. The van der Waals surface area contributed by atoms with Gasteiger partial charge in [0.15, 0.2) is 17.4 Å². The highest BCUT2D eigenvalue weighted by atomic mass is 16.2. The van der Waals surface area contributed by atoms with Crippen molar-refractivity contribution in [1.82, 2.24) is 19.7 Å². The van der Waals surface area contributed by atoms with Gasteiger partial charge in [0, 0.05) is 11.1 Å². The van der Waals surface area contributed by atoms with E-state index in [1.807, 2.05) is 6.07 Å². The number of carbonyl (C=O) groups excluding carboxylic acids is 3. The van der Waals surface area contributed by atoms with Crippen LogP contribution in [-0.4, -0.2) is 37.3 Å². The van der Waals surface area contributed by atoms with Gasteiger partial charge in [-0.25, -0.2) is 0 Å². The van der Waals surface area contributed by atoms with E-state index in [1.165, 1.54) is 0 Å². The maximum atomic E-state index is 13.3. The Bertz CT molecular complexity index is 1360. The van der Waals surface area contributed by atoms with Gasteiger partial charge in [-0.1, -0.05) is 54.6 Å². The fourth-order valence-electron chi connectivity index (χ4n) is 4.00. The van der Waals surface area contributed by atoms with Crippen molar-refractivity contribution in [2.45, 2.75) is 13.1 Å². The van der Waals surface area contributed by atoms with Crippen LogP contribution < -0.4 is 5.73 Å². The number of nitrogens with two attached hydrogens (primary N) is 1. The lowest BCUT2D eigenvalue weighted by atomic mass is 10.0. The molecule has 0 bridgehead atoms. The summed E-state index contributed by atoms with van der Waals surface area (Å²) in [4.78, 5) is 40.1. The number of benzene rings is 3. The quantitative estimate of drug-likeness (QED) is 0.367. The van der Waals surface area contributed by atoms with Gasteiger partial charge in [-0.2, -0.15) is 0 Å². The van der Waals surface area contributed by atoms with Crippen LogP contribution >= 0.6 is 0 Å². The van der Waals surface area contributed by atoms with E-state index in [9.17, 15) is 14.4 Å². The lowest BCUT2D eigenvalue weighted by molar-refractivity contribution is 0.0637. The summed E-state index contributed by atoms with van der Waals surface area (Å²) in [5, 5.41) is 8.36. The highest BCUT2D eigenvalue weighted by molar-refractivity contribution is 6.21. The highest BCUT2D eigenvalue weighted by Crippen LogP contribution is 2.26. The molecule has 0 unspecified atom stereocenters. The molecule has 0 atom stereocenters. The Morgan fingerprint density at radius 1 is 0.758 bits per heavy atom. The van der Waals surface area contributed by atoms with E-state index in [4.69, 9.17) is 5.73 Å². The van der Waals surface area contributed by atoms with Crippen molar-refractivity contribution in [3.63, 3.8) is 0 Å². The number of aromatic nitrogens is 3. The van der Waals surface area contributed by atoms with Crippen LogP contribution in [0.2, 0.25) is 0 Å². The number of ketones is 1. The van der Waals surface area contributed by atoms with Crippen LogP contribution in [-0.2, 0) is 13.1 Å². The molecular weight excluding hydrogens is 418 g/mol. The van der Waals surface area contributed by atoms with Crippen LogP contribution in [0.4, 0.5) is 0 Å². The number of hydrogen-bond donors (Lipinski definition) is 1. The fourth-order valence-corrected chi connectivity index (χ4v) is 4.00. The minimum absolute atomic E-state index is 0.0585. The summed E-state index contributed by atoms with van der Waals surface area (Å²) >= 11 is 0. The van der Waals surface area contributed by atoms with Crippen LogP contribution in [0, 0.1) is 0 Å². The minimum atomic E-state index is -0.395. The van der Waals surface area contributed by atoms with E-state index in [2.05, 4.69) is 10.2 Å². The Morgan fingerprint density at radius 3 is 2.00 bits per heavy atom. The van der Waals surface area contributed by atoms with E-state index >= 15 is 0 Å². The van der Waals surface area contributed by atoms with E-state index in [0.717, 1.165) is 4.90 Å². The number of fused-ring (bicyclic) bond motifs is 1. The zero-order chi connectivity index (χ0) is 22.9. The lowest BCUT2D eigenvalue weighted by Crippen LogP contribution is -2.30. The number of amides is 2. The van der Waals surface area contributed by atoms with Crippen molar-refractivity contribution in [2.24, 2.45) is 5.73 Å². The van der Waals surface area contributed by atoms with Crippen LogP contribution in [0.1, 0.15) is 48.3 Å². The average molecular weight is 437 g/mol. The summed E-state index contributed by atoms with van der Waals surface area (Å²) < 4.78 is 1.65. The standard InChI is InChI=1S/C25H19N5O3/c26-14-21-27-28-22(15-29-24(32)17-10-4-5-11-18(17)25(29)33)30(21)20-13-7-6-12-19(20)23(31)16-8-2-1-3-9-16/h1-13H,14-15,26H2. The van der Waals surface area contributed by atoms with E-state index in [1.54, 1.807) is 77.4 Å². The molecule has 0 aliphatic carbocycles. The first-order valence-corrected chi connectivity index (χ1v) is 10.4. The molecule has 0 spiro atoms. The molecule has 5 rings (SSSR count). The molecule has 2 heterocycles. The molecule has 4 aromatic rings. The topological polar surface area (TPSA) is 111 Å². The van der Waals surface area contributed by atoms with Crippen molar-refractivity contribution in [3.8, 4) is 5.69 Å². The molecule has 2 N–H and O–H groups in total. The second-order valence-corrected chi connectivity index (χ2v) is 7.53. The maximum Gasteiger partial charge on any atom is 0.261 e. The van der Waals surface area contributed by atoms with Gasteiger partial charge in [0.2, 0.25) is 0 Å². The molecule has 3 aromatic carbocycles. The number of imide groups is 1. The van der Waals surface area contributed by atoms with Crippen molar-refractivity contribution >= 4 is 17.6 Å². The zero-order valence-electron chi connectivity index (χ0n) is 17.5. The largest absolute Gasteiger partial charge is 0.324 e. The Labute approximate surface area is 189 Å². The fraction of sp³-hybridized carbons (Fsp3) is 0.0800. The van der Waals surface area contributed by atoms with Gasteiger partial charge in [0.05, 0.1) is 29.9 Å². The number of nitrogens with zero attached hydrogens (tertiary/aromatic N) is 4. The summed E-state index contributed by atoms with van der Waals surface area (Å²) in [5.74, 6) is -0.219. The van der Waals surface area contributed by atoms with Crippen molar-refractivity contribution < 1.29 is 14.4 Å². The molecule has 1 aliphatic rings. The van der Waals surface area contributed by atoms with E-state index in [-0.39, 0.29) is 18.9 Å². The Hall–Kier alpha value is -4.43. The molecule has 0 saturated heterocycles. The first kappa shape index (κ1) is 20.5. The number of carbonyl (C=O) groups is 3. The first-order chi connectivity index (χ1) is 16.1. The van der Waals surface area contributed by atoms with Crippen LogP contribution in [0.5, 0.6) is 0 Å². The van der Waals surface area contributed by atoms with Gasteiger partial charge < -0.3 is 5.73 Å². The van der Waals surface area contributed by atoms with Gasteiger partial charge in [-0.05, 0) is 24.3 Å². The predicted molar refractivity (Wildman–Crippen MR) is 120 cm³/mol. The Morgan fingerprint density at radius 2 is 1.33 bits per heavy atom. The van der Waals surface area contributed by atoms with Gasteiger partial charge in [-0.3, -0.25) is 23.9 Å².